The molecule has 0 heterocycles. The maximum atomic E-state index is 4.24. The minimum Gasteiger partial charge on any atom is -0.286 e. The molecule has 0 aliphatic carbocycles. The van der Waals surface area contributed by atoms with E-state index in [-0.39, 0.29) is 0 Å². The van der Waals surface area contributed by atoms with E-state index in [1.54, 1.807) is 0 Å². The van der Waals surface area contributed by atoms with Crippen molar-refractivity contribution in [2.24, 2.45) is 10.4 Å². The first-order chi connectivity index (χ1) is 4.99. The molecule has 11 heavy (non-hydrogen) atoms. The molecule has 0 aromatic rings. The topological polar surface area (TPSA) is 12.4 Å². The summed E-state index contributed by atoms with van der Waals surface area (Å²) in [4.78, 5) is 4.24. The molecule has 0 fully saturated rings. The van der Waals surface area contributed by atoms with Crippen LogP contribution in [0, 0.1) is 5.41 Å². The number of aliphatic imine (C=N–C) groups is 1. The fourth-order valence-corrected chi connectivity index (χ4v) is 1.81. The van der Waals surface area contributed by atoms with Crippen molar-refractivity contribution >= 4 is 16.8 Å². The summed E-state index contributed by atoms with van der Waals surface area (Å²) < 4.78 is 0. The van der Waals surface area contributed by atoms with Crippen molar-refractivity contribution in [3.8, 4) is 0 Å². The van der Waals surface area contributed by atoms with Crippen LogP contribution in [-0.2, 0) is 0 Å². The van der Waals surface area contributed by atoms with Crippen LogP contribution in [0.2, 0.25) is 0 Å². The van der Waals surface area contributed by atoms with Crippen molar-refractivity contribution in [1.29, 1.82) is 0 Å². The highest BCUT2D eigenvalue weighted by Gasteiger charge is 2.13. The van der Waals surface area contributed by atoms with Gasteiger partial charge in [-0.15, -0.1) is 11.8 Å². The van der Waals surface area contributed by atoms with E-state index in [1.807, 2.05) is 18.8 Å². The van der Waals surface area contributed by atoms with Gasteiger partial charge in [-0.1, -0.05) is 27.7 Å². The van der Waals surface area contributed by atoms with Crippen molar-refractivity contribution in [2.45, 2.75) is 34.1 Å². The first kappa shape index (κ1) is 11.0. The minimum absolute atomic E-state index is 0.372. The molecular formula is C9H19NS. The molecule has 0 radical (unpaired) electrons. The van der Waals surface area contributed by atoms with Gasteiger partial charge in [-0.2, -0.15) is 0 Å². The quantitative estimate of drug-likeness (QED) is 0.461. The van der Waals surface area contributed by atoms with Gasteiger partial charge in [-0.25, -0.2) is 0 Å². The van der Waals surface area contributed by atoms with Gasteiger partial charge in [0, 0.05) is 13.5 Å². The van der Waals surface area contributed by atoms with Crippen molar-refractivity contribution in [2.75, 3.05) is 12.8 Å². The first-order valence-electron chi connectivity index (χ1n) is 4.08. The molecule has 0 saturated heterocycles. The lowest BCUT2D eigenvalue weighted by molar-refractivity contribution is 0.436. The lowest BCUT2D eigenvalue weighted by Crippen LogP contribution is -2.10. The van der Waals surface area contributed by atoms with Gasteiger partial charge >= 0.3 is 0 Å². The smallest absolute Gasteiger partial charge is 0.0677 e. The van der Waals surface area contributed by atoms with Crippen molar-refractivity contribution in [3.63, 3.8) is 0 Å². The summed E-state index contributed by atoms with van der Waals surface area (Å²) >= 11 is 1.85. The van der Waals surface area contributed by atoms with Crippen molar-refractivity contribution < 1.29 is 0 Å². The van der Waals surface area contributed by atoms with Crippen LogP contribution in [0.1, 0.15) is 34.1 Å². The van der Waals surface area contributed by atoms with Gasteiger partial charge in [-0.05, 0) is 11.2 Å². The van der Waals surface area contributed by atoms with Crippen LogP contribution in [-0.4, -0.2) is 17.8 Å². The first-order valence-corrected chi connectivity index (χ1v) is 5.06. The van der Waals surface area contributed by atoms with Crippen LogP contribution in [0.15, 0.2) is 4.99 Å². The molecule has 0 aromatic carbocycles. The van der Waals surface area contributed by atoms with E-state index in [2.05, 4.69) is 32.7 Å². The summed E-state index contributed by atoms with van der Waals surface area (Å²) in [6.45, 7) is 8.90. The van der Waals surface area contributed by atoms with Crippen LogP contribution in [0.25, 0.3) is 0 Å². The number of rotatable bonds is 2. The van der Waals surface area contributed by atoms with E-state index >= 15 is 0 Å². The highest BCUT2D eigenvalue weighted by molar-refractivity contribution is 8.13. The maximum absolute atomic E-state index is 4.24. The predicted octanol–water partition coefficient (Wildman–Crippen LogP) is 3.20. The Kier molecular flexibility index (Phi) is 4.82. The zero-order valence-corrected chi connectivity index (χ0v) is 9.09. The number of hydrogen-bond acceptors (Lipinski definition) is 2. The van der Waals surface area contributed by atoms with E-state index in [1.165, 1.54) is 5.04 Å². The molecule has 0 amide bonds. The molecule has 0 N–H and O–H groups in total. The summed E-state index contributed by atoms with van der Waals surface area (Å²) in [7, 11) is 1.88. The Balaban J connectivity index is 3.90. The largest absolute Gasteiger partial charge is 0.286 e. The Morgan fingerprint density at radius 2 is 1.91 bits per heavy atom. The van der Waals surface area contributed by atoms with Crippen LogP contribution < -0.4 is 0 Å². The average Bonchev–Trinajstić information content (AvgIpc) is 1.84. The second kappa shape index (κ2) is 4.81. The Morgan fingerprint density at radius 1 is 1.36 bits per heavy atom. The molecule has 1 nitrogen and oxygen atoms in total. The summed E-state index contributed by atoms with van der Waals surface area (Å²) in [6, 6.07) is 0. The molecule has 0 saturated carbocycles. The van der Waals surface area contributed by atoms with Crippen LogP contribution in [0.5, 0.6) is 0 Å². The molecule has 0 atom stereocenters. The fourth-order valence-electron chi connectivity index (χ4n) is 0.815. The summed E-state index contributed by atoms with van der Waals surface area (Å²) in [5.41, 5.74) is 0.372. The molecule has 0 bridgehead atoms. The zero-order valence-electron chi connectivity index (χ0n) is 8.27. The summed E-state index contributed by atoms with van der Waals surface area (Å²) in [5.74, 6) is 1.13. The zero-order chi connectivity index (χ0) is 8.91. The molecule has 2 heteroatoms. The van der Waals surface area contributed by atoms with Crippen LogP contribution in [0.4, 0.5) is 0 Å². The molecule has 0 rings (SSSR count). The predicted molar refractivity (Wildman–Crippen MR) is 55.6 cm³/mol. The van der Waals surface area contributed by atoms with E-state index in [0.29, 0.717) is 5.41 Å². The Bertz CT molecular complexity index is 133. The minimum atomic E-state index is 0.372. The van der Waals surface area contributed by atoms with Crippen LogP contribution >= 0.6 is 11.8 Å². The van der Waals surface area contributed by atoms with E-state index in [9.17, 15) is 0 Å². The number of nitrogens with zero attached hydrogens (tertiary/aromatic N) is 1. The number of thioether (sulfide) groups is 1. The average molecular weight is 173 g/mol. The van der Waals surface area contributed by atoms with Gasteiger partial charge < -0.3 is 0 Å². The molecule has 0 aliphatic heterocycles. The second-order valence-corrected chi connectivity index (χ2v) is 5.13. The lowest BCUT2D eigenvalue weighted by atomic mass is 9.93. The Labute approximate surface area is 74.7 Å². The van der Waals surface area contributed by atoms with Gasteiger partial charge in [0.1, 0.15) is 0 Å². The molecule has 0 aromatic heterocycles. The summed E-state index contributed by atoms with van der Waals surface area (Å²) in [5, 5.41) is 1.28. The SMILES string of the molecule is CCS/C(CC(C)(C)C)=N\C. The molecule has 0 aliphatic rings. The monoisotopic (exact) mass is 173 g/mol. The third-order valence-corrected chi connectivity index (χ3v) is 2.19. The molecule has 0 unspecified atom stereocenters. The standard InChI is InChI=1S/C9H19NS/c1-6-11-8(10-5)7-9(2,3)4/h6-7H2,1-5H3/b10-8-. The fraction of sp³-hybridized carbons (Fsp3) is 0.889. The van der Waals surface area contributed by atoms with Gasteiger partial charge in [0.05, 0.1) is 5.04 Å². The van der Waals surface area contributed by atoms with Crippen LogP contribution in [0.3, 0.4) is 0 Å². The normalized spacial score (nSPS) is 13.7. The summed E-state index contributed by atoms with van der Waals surface area (Å²) in [6.07, 6.45) is 1.10. The Morgan fingerprint density at radius 3 is 2.18 bits per heavy atom. The van der Waals surface area contributed by atoms with E-state index in [0.717, 1.165) is 12.2 Å². The lowest BCUT2D eigenvalue weighted by Gasteiger charge is -2.18. The van der Waals surface area contributed by atoms with Gasteiger partial charge in [-0.3, -0.25) is 4.99 Å². The third-order valence-electron chi connectivity index (χ3n) is 1.24. The third kappa shape index (κ3) is 6.42. The van der Waals surface area contributed by atoms with Crippen molar-refractivity contribution in [1.82, 2.24) is 0 Å². The molecule has 66 valence electrons. The van der Waals surface area contributed by atoms with Crippen molar-refractivity contribution in [3.05, 3.63) is 0 Å². The molecule has 0 spiro atoms. The van der Waals surface area contributed by atoms with Gasteiger partial charge in [0.2, 0.25) is 0 Å². The van der Waals surface area contributed by atoms with Gasteiger partial charge in [0.15, 0.2) is 0 Å². The molecular weight excluding hydrogens is 154 g/mol. The highest BCUT2D eigenvalue weighted by atomic mass is 32.2. The number of hydrogen-bond donors (Lipinski definition) is 0. The van der Waals surface area contributed by atoms with E-state index < -0.39 is 0 Å². The highest BCUT2D eigenvalue weighted by Crippen LogP contribution is 2.23. The van der Waals surface area contributed by atoms with Gasteiger partial charge in [0.25, 0.3) is 0 Å². The second-order valence-electron chi connectivity index (χ2n) is 3.79. The maximum Gasteiger partial charge on any atom is 0.0677 e. The van der Waals surface area contributed by atoms with E-state index in [4.69, 9.17) is 0 Å². The Hall–Kier alpha value is 0.0200.